The third kappa shape index (κ3) is 3.95. The van der Waals surface area contributed by atoms with Crippen molar-refractivity contribution in [3.8, 4) is 11.1 Å². The van der Waals surface area contributed by atoms with Crippen molar-refractivity contribution in [2.45, 2.75) is 25.9 Å². The molecule has 0 saturated heterocycles. The third-order valence-electron chi connectivity index (χ3n) is 5.02. The van der Waals surface area contributed by atoms with Crippen LogP contribution in [0.25, 0.3) is 21.3 Å². The molecule has 0 aliphatic heterocycles. The molecule has 0 atom stereocenters. The number of nitrogens with zero attached hydrogens (tertiary/aromatic N) is 1. The molecule has 0 bridgehead atoms. The molecule has 0 aliphatic carbocycles. The highest BCUT2D eigenvalue weighted by Gasteiger charge is 2.17. The fraction of sp³-hybridized carbons (Fsp3) is 0.174. The van der Waals surface area contributed by atoms with Crippen molar-refractivity contribution in [1.29, 1.82) is 0 Å². The molecule has 2 heterocycles. The molecule has 0 aliphatic rings. The van der Waals surface area contributed by atoms with Crippen molar-refractivity contribution in [3.63, 3.8) is 0 Å². The number of aromatic nitrogens is 2. The van der Waals surface area contributed by atoms with Gasteiger partial charge in [0.2, 0.25) is 0 Å². The first-order valence-corrected chi connectivity index (χ1v) is 11.2. The minimum Gasteiger partial charge on any atom is -0.301 e. The Kier molecular flexibility index (Phi) is 5.58. The first-order valence-electron chi connectivity index (χ1n) is 9.36. The van der Waals surface area contributed by atoms with Gasteiger partial charge in [0.05, 0.1) is 11.1 Å². The molecule has 0 amide bonds. The second-order valence-corrected chi connectivity index (χ2v) is 9.27. The summed E-state index contributed by atoms with van der Waals surface area (Å²) in [6, 6.07) is 11.7. The highest BCUT2D eigenvalue weighted by Crippen LogP contribution is 2.36. The van der Waals surface area contributed by atoms with Crippen molar-refractivity contribution < 1.29 is 9.18 Å². The Balaban J connectivity index is 1.62. The lowest BCUT2D eigenvalue weighted by atomic mass is 10.0. The predicted molar refractivity (Wildman–Crippen MR) is 121 cm³/mol. The standard InChI is InChI=1S/C23H19FN2O2S2/c1-12-4-5-16(10-13(12)2)18(27)11-29-23-25-21(28)20-19(14(3)30-22(20)26-23)15-6-8-17(24)9-7-15/h4-10H,11H2,1-3H3,(H,25,26,28). The number of thiophene rings is 1. The monoisotopic (exact) mass is 438 g/mol. The van der Waals surface area contributed by atoms with E-state index in [0.717, 1.165) is 27.1 Å². The van der Waals surface area contributed by atoms with Gasteiger partial charge in [-0.2, -0.15) is 0 Å². The van der Waals surface area contributed by atoms with Gasteiger partial charge < -0.3 is 4.98 Å². The van der Waals surface area contributed by atoms with E-state index in [1.165, 1.54) is 35.2 Å². The topological polar surface area (TPSA) is 62.8 Å². The van der Waals surface area contributed by atoms with E-state index in [-0.39, 0.29) is 22.9 Å². The number of H-pyrrole nitrogens is 1. The summed E-state index contributed by atoms with van der Waals surface area (Å²) in [5.74, 6) is -0.151. The van der Waals surface area contributed by atoms with Crippen LogP contribution in [0.1, 0.15) is 26.4 Å². The number of aryl methyl sites for hydroxylation is 3. The summed E-state index contributed by atoms with van der Waals surface area (Å²) in [4.78, 5) is 34.2. The average molecular weight is 439 g/mol. The minimum absolute atomic E-state index is 0.0137. The molecule has 4 nitrogen and oxygen atoms in total. The van der Waals surface area contributed by atoms with E-state index < -0.39 is 0 Å². The van der Waals surface area contributed by atoms with E-state index in [4.69, 9.17) is 0 Å². The summed E-state index contributed by atoms with van der Waals surface area (Å²) in [5, 5.41) is 0.908. The number of carbonyl (C=O) groups is 1. The molecule has 2 aromatic heterocycles. The number of thioether (sulfide) groups is 1. The number of nitrogens with one attached hydrogen (secondary N) is 1. The van der Waals surface area contributed by atoms with Gasteiger partial charge >= 0.3 is 0 Å². The van der Waals surface area contributed by atoms with Crippen LogP contribution in [0.15, 0.2) is 52.4 Å². The van der Waals surface area contributed by atoms with Crippen LogP contribution in [0.2, 0.25) is 0 Å². The molecule has 0 fully saturated rings. The van der Waals surface area contributed by atoms with Crippen LogP contribution in [-0.2, 0) is 0 Å². The number of hydrogen-bond donors (Lipinski definition) is 1. The molecule has 4 aromatic rings. The lowest BCUT2D eigenvalue weighted by Gasteiger charge is -2.05. The number of halogens is 1. The number of rotatable bonds is 5. The Hall–Kier alpha value is -2.77. The zero-order chi connectivity index (χ0) is 21.4. The van der Waals surface area contributed by atoms with Gasteiger partial charge in [0, 0.05) is 16.0 Å². The summed E-state index contributed by atoms with van der Waals surface area (Å²) in [6.07, 6.45) is 0. The van der Waals surface area contributed by atoms with Crippen molar-refractivity contribution >= 4 is 39.1 Å². The minimum atomic E-state index is -0.324. The highest BCUT2D eigenvalue weighted by molar-refractivity contribution is 7.99. The number of benzene rings is 2. The summed E-state index contributed by atoms with van der Waals surface area (Å²) >= 11 is 2.63. The molecule has 1 N–H and O–H groups in total. The lowest BCUT2D eigenvalue weighted by molar-refractivity contribution is 0.102. The second-order valence-electron chi connectivity index (χ2n) is 7.10. The van der Waals surface area contributed by atoms with Crippen LogP contribution in [0.3, 0.4) is 0 Å². The molecule has 0 unspecified atom stereocenters. The van der Waals surface area contributed by atoms with Crippen LogP contribution < -0.4 is 5.56 Å². The summed E-state index contributed by atoms with van der Waals surface area (Å²) in [5.41, 5.74) is 4.15. The quantitative estimate of drug-likeness (QED) is 0.247. The van der Waals surface area contributed by atoms with Crippen molar-refractivity contribution in [2.24, 2.45) is 0 Å². The van der Waals surface area contributed by atoms with Crippen molar-refractivity contribution in [2.75, 3.05) is 5.75 Å². The zero-order valence-electron chi connectivity index (χ0n) is 16.7. The predicted octanol–water partition coefficient (Wildman–Crippen LogP) is 5.69. The SMILES string of the molecule is Cc1ccc(C(=O)CSc2nc3sc(C)c(-c4ccc(F)cc4)c3c(=O)[nH]2)cc1C. The molecule has 0 spiro atoms. The van der Waals surface area contributed by atoms with E-state index in [9.17, 15) is 14.0 Å². The smallest absolute Gasteiger partial charge is 0.260 e. The van der Waals surface area contributed by atoms with Gasteiger partial charge in [-0.25, -0.2) is 9.37 Å². The summed E-state index contributed by atoms with van der Waals surface area (Å²) in [6.45, 7) is 5.90. The molecular weight excluding hydrogens is 419 g/mol. The van der Waals surface area contributed by atoms with Gasteiger partial charge in [0.1, 0.15) is 10.6 Å². The van der Waals surface area contributed by atoms with Gasteiger partial charge in [0.15, 0.2) is 10.9 Å². The van der Waals surface area contributed by atoms with Crippen molar-refractivity contribution in [3.05, 3.63) is 80.2 Å². The Morgan fingerprint density at radius 3 is 2.53 bits per heavy atom. The molecule has 4 rings (SSSR count). The molecule has 2 aromatic carbocycles. The fourth-order valence-corrected chi connectivity index (χ4v) is 5.12. The third-order valence-corrected chi connectivity index (χ3v) is 6.89. The summed E-state index contributed by atoms with van der Waals surface area (Å²) < 4.78 is 13.3. The first-order chi connectivity index (χ1) is 14.3. The van der Waals surface area contributed by atoms with E-state index in [1.54, 1.807) is 12.1 Å². The largest absolute Gasteiger partial charge is 0.301 e. The molecular formula is C23H19FN2O2S2. The molecule has 0 radical (unpaired) electrons. The van der Waals surface area contributed by atoms with Gasteiger partial charge in [-0.3, -0.25) is 9.59 Å². The Morgan fingerprint density at radius 2 is 1.83 bits per heavy atom. The van der Waals surface area contributed by atoms with E-state index in [2.05, 4.69) is 9.97 Å². The maximum absolute atomic E-state index is 13.3. The molecule has 0 saturated carbocycles. The normalized spacial score (nSPS) is 11.2. The molecule has 7 heteroatoms. The first kappa shape index (κ1) is 20.5. The number of fused-ring (bicyclic) bond motifs is 1. The Labute approximate surface area is 181 Å². The van der Waals surface area contributed by atoms with E-state index in [1.807, 2.05) is 39.0 Å². The Morgan fingerprint density at radius 1 is 1.10 bits per heavy atom. The van der Waals surface area contributed by atoms with Gasteiger partial charge in [0.25, 0.3) is 5.56 Å². The maximum atomic E-state index is 13.3. The van der Waals surface area contributed by atoms with Crippen LogP contribution in [-0.4, -0.2) is 21.5 Å². The van der Waals surface area contributed by atoms with Crippen LogP contribution >= 0.6 is 23.1 Å². The van der Waals surface area contributed by atoms with Crippen molar-refractivity contribution in [1.82, 2.24) is 9.97 Å². The number of ketones is 1. The number of aromatic amines is 1. The fourth-order valence-electron chi connectivity index (χ4n) is 3.26. The van der Waals surface area contributed by atoms with Crippen LogP contribution in [0.4, 0.5) is 4.39 Å². The number of Topliss-reactive ketones (excluding diaryl/α,β-unsaturated/α-hetero) is 1. The lowest BCUT2D eigenvalue weighted by Crippen LogP contribution is -2.10. The van der Waals surface area contributed by atoms with Gasteiger partial charge in [-0.1, -0.05) is 36.0 Å². The number of hydrogen-bond acceptors (Lipinski definition) is 5. The maximum Gasteiger partial charge on any atom is 0.260 e. The Bertz CT molecular complexity index is 1320. The van der Waals surface area contributed by atoms with E-state index >= 15 is 0 Å². The van der Waals surface area contributed by atoms with Gasteiger partial charge in [-0.05, 0) is 55.7 Å². The molecule has 152 valence electrons. The second kappa shape index (κ2) is 8.16. The zero-order valence-corrected chi connectivity index (χ0v) is 18.3. The van der Waals surface area contributed by atoms with Crippen LogP contribution in [0, 0.1) is 26.6 Å². The average Bonchev–Trinajstić information content (AvgIpc) is 3.05. The van der Waals surface area contributed by atoms with E-state index in [0.29, 0.717) is 20.9 Å². The van der Waals surface area contributed by atoms with Crippen LogP contribution in [0.5, 0.6) is 0 Å². The number of carbonyl (C=O) groups excluding carboxylic acids is 1. The highest BCUT2D eigenvalue weighted by atomic mass is 32.2. The van der Waals surface area contributed by atoms with Gasteiger partial charge in [-0.15, -0.1) is 11.3 Å². The summed E-state index contributed by atoms with van der Waals surface area (Å²) in [7, 11) is 0. The molecule has 30 heavy (non-hydrogen) atoms.